The van der Waals surface area contributed by atoms with E-state index in [0.717, 1.165) is 23.5 Å². The molecule has 5 heteroatoms. The molecule has 1 aromatic carbocycles. The maximum atomic E-state index is 12.3. The topological polar surface area (TPSA) is 57.6 Å². The predicted octanol–water partition coefficient (Wildman–Crippen LogP) is 2.74. The molecule has 0 radical (unpaired) electrons. The van der Waals surface area contributed by atoms with Crippen molar-refractivity contribution in [2.45, 2.75) is 24.2 Å². The molecule has 0 unspecified atom stereocenters. The van der Waals surface area contributed by atoms with Gasteiger partial charge < -0.3 is 10.0 Å². The van der Waals surface area contributed by atoms with E-state index in [1.54, 1.807) is 16.7 Å². The predicted molar refractivity (Wildman–Crippen MR) is 85.7 cm³/mol. The molecule has 0 spiro atoms. The monoisotopic (exact) mass is 319 g/mol. The molecule has 0 aromatic heterocycles. The first-order chi connectivity index (χ1) is 10.6. The maximum absolute atomic E-state index is 12.3. The Bertz CT molecular complexity index is 544. The van der Waals surface area contributed by atoms with Gasteiger partial charge in [-0.3, -0.25) is 9.59 Å². The molecule has 1 heterocycles. The van der Waals surface area contributed by atoms with Crippen molar-refractivity contribution in [3.63, 3.8) is 0 Å². The van der Waals surface area contributed by atoms with Crippen LogP contribution in [0.3, 0.4) is 0 Å². The van der Waals surface area contributed by atoms with Crippen LogP contribution in [-0.2, 0) is 9.59 Å². The van der Waals surface area contributed by atoms with E-state index in [0.29, 0.717) is 25.4 Å². The largest absolute Gasteiger partial charge is 0.481 e. The van der Waals surface area contributed by atoms with Crippen LogP contribution in [0.15, 0.2) is 35.2 Å². The van der Waals surface area contributed by atoms with E-state index >= 15 is 0 Å². The molecule has 1 aliphatic heterocycles. The molecule has 1 saturated heterocycles. The Labute approximate surface area is 134 Å². The molecule has 22 heavy (non-hydrogen) atoms. The van der Waals surface area contributed by atoms with Crippen LogP contribution in [0.1, 0.15) is 19.3 Å². The molecular formula is C17H21NO3S. The number of carbonyl (C=O) groups excluding carboxylic acids is 1. The van der Waals surface area contributed by atoms with Crippen molar-refractivity contribution < 1.29 is 14.7 Å². The van der Waals surface area contributed by atoms with Crippen LogP contribution < -0.4 is 0 Å². The summed E-state index contributed by atoms with van der Waals surface area (Å²) in [6, 6.07) is 10.0. The van der Waals surface area contributed by atoms with Crippen LogP contribution in [-0.4, -0.2) is 40.7 Å². The van der Waals surface area contributed by atoms with E-state index in [1.807, 2.05) is 30.3 Å². The zero-order valence-corrected chi connectivity index (χ0v) is 13.3. The van der Waals surface area contributed by atoms with Gasteiger partial charge in [-0.05, 0) is 36.8 Å². The third kappa shape index (κ3) is 3.64. The fourth-order valence-electron chi connectivity index (χ4n) is 3.23. The molecule has 1 aliphatic carbocycles. The smallest absolute Gasteiger partial charge is 0.308 e. The SMILES string of the molecule is O=C(O)[C@H]1CN(C(=O)CCSc2ccccc2)C[C@@H]1C1CC1. The van der Waals surface area contributed by atoms with Gasteiger partial charge in [-0.2, -0.15) is 0 Å². The summed E-state index contributed by atoms with van der Waals surface area (Å²) in [5.41, 5.74) is 0. The number of amides is 1. The van der Waals surface area contributed by atoms with Gasteiger partial charge >= 0.3 is 5.97 Å². The second-order valence-corrected chi connectivity index (χ2v) is 7.32. The Morgan fingerprint density at radius 3 is 2.55 bits per heavy atom. The number of nitrogens with zero attached hydrogens (tertiary/aromatic N) is 1. The van der Waals surface area contributed by atoms with Crippen LogP contribution in [0, 0.1) is 17.8 Å². The molecule has 2 aliphatic rings. The van der Waals surface area contributed by atoms with E-state index in [4.69, 9.17) is 0 Å². The third-order valence-corrected chi connectivity index (χ3v) is 5.60. The van der Waals surface area contributed by atoms with Crippen molar-refractivity contribution in [1.82, 2.24) is 4.90 Å². The minimum absolute atomic E-state index is 0.0952. The summed E-state index contributed by atoms with van der Waals surface area (Å²) in [6.45, 7) is 1.03. The van der Waals surface area contributed by atoms with Crippen molar-refractivity contribution in [3.05, 3.63) is 30.3 Å². The quantitative estimate of drug-likeness (QED) is 0.819. The van der Waals surface area contributed by atoms with Crippen LogP contribution in [0.5, 0.6) is 0 Å². The minimum atomic E-state index is -0.745. The number of thioether (sulfide) groups is 1. The third-order valence-electron chi connectivity index (χ3n) is 4.59. The first-order valence-corrected chi connectivity index (χ1v) is 8.82. The van der Waals surface area contributed by atoms with Gasteiger partial charge in [0.25, 0.3) is 0 Å². The number of carboxylic acids is 1. The van der Waals surface area contributed by atoms with Gasteiger partial charge in [-0.1, -0.05) is 18.2 Å². The molecule has 2 fully saturated rings. The Kier molecular flexibility index (Phi) is 4.71. The number of rotatable bonds is 6. The van der Waals surface area contributed by atoms with E-state index in [9.17, 15) is 14.7 Å². The average Bonchev–Trinajstić information content (AvgIpc) is 3.26. The fraction of sp³-hybridized carbons (Fsp3) is 0.529. The molecule has 1 N–H and O–H groups in total. The lowest BCUT2D eigenvalue weighted by Gasteiger charge is -2.16. The number of hydrogen-bond donors (Lipinski definition) is 1. The molecule has 2 atom stereocenters. The second-order valence-electron chi connectivity index (χ2n) is 6.16. The lowest BCUT2D eigenvalue weighted by atomic mass is 9.92. The molecule has 0 bridgehead atoms. The summed E-state index contributed by atoms with van der Waals surface area (Å²) in [4.78, 5) is 26.6. The Hall–Kier alpha value is -1.49. The minimum Gasteiger partial charge on any atom is -0.481 e. The first kappa shape index (κ1) is 15.4. The zero-order valence-electron chi connectivity index (χ0n) is 12.5. The molecule has 1 aromatic rings. The Morgan fingerprint density at radius 1 is 1.18 bits per heavy atom. The van der Waals surface area contributed by atoms with Crippen molar-refractivity contribution >= 4 is 23.6 Å². The summed E-state index contributed by atoms with van der Waals surface area (Å²) in [7, 11) is 0. The molecule has 1 amide bonds. The summed E-state index contributed by atoms with van der Waals surface area (Å²) >= 11 is 1.67. The lowest BCUT2D eigenvalue weighted by molar-refractivity contribution is -0.142. The highest BCUT2D eigenvalue weighted by atomic mass is 32.2. The summed E-state index contributed by atoms with van der Waals surface area (Å²) in [5.74, 6) is 0.424. The van der Waals surface area contributed by atoms with Gasteiger partial charge in [0.2, 0.25) is 5.91 Å². The van der Waals surface area contributed by atoms with Crippen molar-refractivity contribution in [2.24, 2.45) is 17.8 Å². The number of likely N-dealkylation sites (tertiary alicyclic amines) is 1. The highest BCUT2D eigenvalue weighted by Gasteiger charge is 2.46. The van der Waals surface area contributed by atoms with Gasteiger partial charge in [0.1, 0.15) is 0 Å². The second kappa shape index (κ2) is 6.73. The Balaban J connectivity index is 1.49. The Morgan fingerprint density at radius 2 is 1.91 bits per heavy atom. The highest BCUT2D eigenvalue weighted by Crippen LogP contribution is 2.44. The summed E-state index contributed by atoms with van der Waals surface area (Å²) in [6.07, 6.45) is 2.73. The van der Waals surface area contributed by atoms with Gasteiger partial charge in [0.05, 0.1) is 5.92 Å². The van der Waals surface area contributed by atoms with E-state index in [1.165, 1.54) is 0 Å². The normalized spacial score (nSPS) is 24.5. The van der Waals surface area contributed by atoms with Crippen LogP contribution >= 0.6 is 11.8 Å². The van der Waals surface area contributed by atoms with Crippen molar-refractivity contribution in [3.8, 4) is 0 Å². The van der Waals surface area contributed by atoms with Gasteiger partial charge in [-0.15, -0.1) is 11.8 Å². The number of aliphatic carboxylic acids is 1. The number of hydrogen-bond acceptors (Lipinski definition) is 3. The van der Waals surface area contributed by atoms with E-state index in [-0.39, 0.29) is 17.7 Å². The lowest BCUT2D eigenvalue weighted by Crippen LogP contribution is -2.30. The van der Waals surface area contributed by atoms with Gasteiger partial charge in [0, 0.05) is 30.2 Å². The standard InChI is InChI=1S/C17H21NO3S/c19-16(8-9-22-13-4-2-1-3-5-13)18-10-14(12-6-7-12)15(11-18)17(20)21/h1-5,12,14-15H,6-11H2,(H,20,21)/t14-,15+/m1/s1. The molecule has 118 valence electrons. The maximum Gasteiger partial charge on any atom is 0.308 e. The van der Waals surface area contributed by atoms with Crippen LogP contribution in [0.25, 0.3) is 0 Å². The molecular weight excluding hydrogens is 298 g/mol. The van der Waals surface area contributed by atoms with Gasteiger partial charge in [0.15, 0.2) is 0 Å². The van der Waals surface area contributed by atoms with Crippen molar-refractivity contribution in [2.75, 3.05) is 18.8 Å². The van der Waals surface area contributed by atoms with E-state index in [2.05, 4.69) is 0 Å². The van der Waals surface area contributed by atoms with E-state index < -0.39 is 5.97 Å². The highest BCUT2D eigenvalue weighted by molar-refractivity contribution is 7.99. The number of benzene rings is 1. The van der Waals surface area contributed by atoms with Crippen molar-refractivity contribution in [1.29, 1.82) is 0 Å². The number of carboxylic acid groups (broad SMARTS) is 1. The van der Waals surface area contributed by atoms with Crippen LogP contribution in [0.4, 0.5) is 0 Å². The summed E-state index contributed by atoms with van der Waals surface area (Å²) in [5, 5.41) is 9.34. The summed E-state index contributed by atoms with van der Waals surface area (Å²) < 4.78 is 0. The molecule has 1 saturated carbocycles. The van der Waals surface area contributed by atoms with Crippen LogP contribution in [0.2, 0.25) is 0 Å². The number of carbonyl (C=O) groups is 2. The first-order valence-electron chi connectivity index (χ1n) is 7.83. The zero-order chi connectivity index (χ0) is 15.5. The van der Waals surface area contributed by atoms with Gasteiger partial charge in [-0.25, -0.2) is 0 Å². The average molecular weight is 319 g/mol. The fourth-order valence-corrected chi connectivity index (χ4v) is 4.09. The molecule has 4 nitrogen and oxygen atoms in total. The molecule has 3 rings (SSSR count).